The first-order valence-corrected chi connectivity index (χ1v) is 9.86. The molecular weight excluding hydrogens is 360 g/mol. The largest absolute Gasteiger partial charge is 0.495 e. The summed E-state index contributed by atoms with van der Waals surface area (Å²) in [6.07, 6.45) is 0. The molecule has 3 aromatic rings. The van der Waals surface area contributed by atoms with Crippen molar-refractivity contribution < 1.29 is 14.4 Å². The summed E-state index contributed by atoms with van der Waals surface area (Å²) in [5, 5.41) is 3.09. The monoisotopic (exact) mass is 389 g/mol. The summed E-state index contributed by atoms with van der Waals surface area (Å²) in [4.78, 5) is 14.5. The van der Waals surface area contributed by atoms with Crippen LogP contribution < -0.4 is 15.0 Å². The number of hydrogen-bond acceptors (Lipinski definition) is 2. The van der Waals surface area contributed by atoms with E-state index in [1.807, 2.05) is 55.5 Å². The number of methoxy groups -OCH3 is 1. The lowest BCUT2D eigenvalue weighted by Gasteiger charge is -2.25. The van der Waals surface area contributed by atoms with Crippen molar-refractivity contribution in [3.8, 4) is 5.75 Å². The third-order valence-electron chi connectivity index (χ3n) is 5.10. The van der Waals surface area contributed by atoms with E-state index in [0.29, 0.717) is 11.4 Å². The summed E-state index contributed by atoms with van der Waals surface area (Å²) in [5.74, 6) is 0.608. The lowest BCUT2D eigenvalue weighted by molar-refractivity contribution is -0.915. The average Bonchev–Trinajstić information content (AvgIpc) is 2.71. The minimum atomic E-state index is -0.345. The SMILES string of the molecule is COc1ccc(C)cc1NC(=O)[C@@H](c1ccccc1)[NH+](C)Cc1ccc(C)cc1. The van der Waals surface area contributed by atoms with Crippen LogP contribution in [-0.4, -0.2) is 20.1 Å². The van der Waals surface area contributed by atoms with Gasteiger partial charge in [-0.25, -0.2) is 0 Å². The molecule has 0 heterocycles. The molecule has 0 spiro atoms. The van der Waals surface area contributed by atoms with E-state index in [4.69, 9.17) is 4.74 Å². The molecule has 0 fully saturated rings. The Labute approximate surface area is 173 Å². The lowest BCUT2D eigenvalue weighted by Crippen LogP contribution is -3.09. The summed E-state index contributed by atoms with van der Waals surface area (Å²) in [7, 11) is 3.67. The number of anilines is 1. The van der Waals surface area contributed by atoms with Crippen molar-refractivity contribution in [3.63, 3.8) is 0 Å². The van der Waals surface area contributed by atoms with Gasteiger partial charge in [0.25, 0.3) is 5.91 Å². The van der Waals surface area contributed by atoms with Gasteiger partial charge in [0.05, 0.1) is 19.8 Å². The second-order valence-electron chi connectivity index (χ2n) is 7.55. The van der Waals surface area contributed by atoms with Crippen LogP contribution in [0.4, 0.5) is 5.69 Å². The molecular formula is C25H29N2O2+. The maximum absolute atomic E-state index is 13.4. The smallest absolute Gasteiger partial charge is 0.287 e. The second-order valence-corrected chi connectivity index (χ2v) is 7.55. The van der Waals surface area contributed by atoms with Crippen LogP contribution in [0.5, 0.6) is 5.75 Å². The lowest BCUT2D eigenvalue weighted by atomic mass is 10.0. The van der Waals surface area contributed by atoms with Gasteiger partial charge in [-0.15, -0.1) is 0 Å². The highest BCUT2D eigenvalue weighted by Crippen LogP contribution is 2.26. The number of quaternary nitrogens is 1. The van der Waals surface area contributed by atoms with Gasteiger partial charge in [0.15, 0.2) is 6.04 Å². The van der Waals surface area contributed by atoms with E-state index in [1.165, 1.54) is 11.1 Å². The molecule has 0 aliphatic heterocycles. The molecule has 0 aliphatic carbocycles. The number of nitrogens with one attached hydrogen (secondary N) is 2. The topological polar surface area (TPSA) is 42.8 Å². The fourth-order valence-electron chi connectivity index (χ4n) is 3.56. The Hall–Kier alpha value is -3.11. The van der Waals surface area contributed by atoms with Crippen molar-refractivity contribution in [1.29, 1.82) is 0 Å². The standard InChI is InChI=1S/C25H28N2O2/c1-18-10-13-20(14-11-18)17-27(3)24(21-8-6-5-7-9-21)25(28)26-22-16-19(2)12-15-23(22)29-4/h5-16,24H,17H2,1-4H3,(H,26,28)/p+1/t24-/m1/s1. The molecule has 0 aliphatic rings. The first-order chi connectivity index (χ1) is 14.0. The Bertz CT molecular complexity index is 952. The Balaban J connectivity index is 1.88. The van der Waals surface area contributed by atoms with Crippen LogP contribution in [0, 0.1) is 13.8 Å². The second kappa shape index (κ2) is 9.39. The Morgan fingerprint density at radius 1 is 0.966 bits per heavy atom. The quantitative estimate of drug-likeness (QED) is 0.647. The van der Waals surface area contributed by atoms with Crippen LogP contribution in [0.2, 0.25) is 0 Å². The molecule has 0 saturated carbocycles. The van der Waals surface area contributed by atoms with Gasteiger partial charge in [-0.2, -0.15) is 0 Å². The maximum Gasteiger partial charge on any atom is 0.287 e. The molecule has 4 nitrogen and oxygen atoms in total. The van der Waals surface area contributed by atoms with E-state index >= 15 is 0 Å². The van der Waals surface area contributed by atoms with Gasteiger partial charge >= 0.3 is 0 Å². The van der Waals surface area contributed by atoms with Crippen LogP contribution in [0.15, 0.2) is 72.8 Å². The van der Waals surface area contributed by atoms with Crippen LogP contribution in [0.1, 0.15) is 28.3 Å². The number of likely N-dealkylation sites (N-methyl/N-ethyl adjacent to an activating group) is 1. The van der Waals surface area contributed by atoms with Gasteiger partial charge in [0.1, 0.15) is 12.3 Å². The van der Waals surface area contributed by atoms with Gasteiger partial charge in [0, 0.05) is 11.1 Å². The molecule has 3 aromatic carbocycles. The molecule has 0 bridgehead atoms. The minimum Gasteiger partial charge on any atom is -0.495 e. The maximum atomic E-state index is 13.4. The molecule has 0 radical (unpaired) electrons. The number of benzene rings is 3. The van der Waals surface area contributed by atoms with Gasteiger partial charge in [-0.3, -0.25) is 4.79 Å². The summed E-state index contributed by atoms with van der Waals surface area (Å²) in [6, 6.07) is 23.9. The summed E-state index contributed by atoms with van der Waals surface area (Å²) < 4.78 is 5.43. The molecule has 3 rings (SSSR count). The zero-order valence-electron chi connectivity index (χ0n) is 17.5. The van der Waals surface area contributed by atoms with Gasteiger partial charge in [0.2, 0.25) is 0 Å². The normalized spacial score (nSPS) is 12.8. The molecule has 2 atom stereocenters. The number of ether oxygens (including phenoxy) is 1. The zero-order valence-corrected chi connectivity index (χ0v) is 17.5. The summed E-state index contributed by atoms with van der Waals surface area (Å²) in [5.41, 5.74) is 5.19. The number of hydrogen-bond donors (Lipinski definition) is 2. The third-order valence-corrected chi connectivity index (χ3v) is 5.10. The molecule has 150 valence electrons. The fraction of sp³-hybridized carbons (Fsp3) is 0.240. The van der Waals surface area contributed by atoms with Crippen LogP contribution in [0.3, 0.4) is 0 Å². The summed E-state index contributed by atoms with van der Waals surface area (Å²) in [6.45, 7) is 4.83. The van der Waals surface area contributed by atoms with E-state index in [2.05, 4.69) is 43.6 Å². The minimum absolute atomic E-state index is 0.0512. The molecule has 1 unspecified atom stereocenters. The molecule has 4 heteroatoms. The van der Waals surface area contributed by atoms with E-state index in [0.717, 1.165) is 22.6 Å². The number of carbonyl (C=O) groups is 1. The van der Waals surface area contributed by atoms with E-state index in [9.17, 15) is 4.79 Å². The number of carbonyl (C=O) groups excluding carboxylic acids is 1. The Morgan fingerprint density at radius 3 is 2.28 bits per heavy atom. The highest BCUT2D eigenvalue weighted by atomic mass is 16.5. The van der Waals surface area contributed by atoms with Gasteiger partial charge < -0.3 is 15.0 Å². The highest BCUT2D eigenvalue weighted by molar-refractivity contribution is 5.96. The van der Waals surface area contributed by atoms with Crippen molar-refractivity contribution in [3.05, 3.63) is 95.1 Å². The number of amides is 1. The molecule has 0 aromatic heterocycles. The fourth-order valence-corrected chi connectivity index (χ4v) is 3.56. The van der Waals surface area contributed by atoms with Gasteiger partial charge in [-0.05, 0) is 31.5 Å². The van der Waals surface area contributed by atoms with Crippen LogP contribution in [0.25, 0.3) is 0 Å². The number of aryl methyl sites for hydroxylation is 2. The van der Waals surface area contributed by atoms with E-state index in [1.54, 1.807) is 7.11 Å². The van der Waals surface area contributed by atoms with Gasteiger partial charge in [-0.1, -0.05) is 66.2 Å². The Morgan fingerprint density at radius 2 is 1.62 bits per heavy atom. The third kappa shape index (κ3) is 5.24. The molecule has 1 amide bonds. The van der Waals surface area contributed by atoms with Crippen LogP contribution in [-0.2, 0) is 11.3 Å². The zero-order chi connectivity index (χ0) is 20.8. The molecule has 29 heavy (non-hydrogen) atoms. The molecule has 2 N–H and O–H groups in total. The predicted molar refractivity (Wildman–Crippen MR) is 117 cm³/mol. The van der Waals surface area contributed by atoms with E-state index < -0.39 is 0 Å². The first-order valence-electron chi connectivity index (χ1n) is 9.86. The molecule has 0 saturated heterocycles. The predicted octanol–water partition coefficient (Wildman–Crippen LogP) is 3.71. The van der Waals surface area contributed by atoms with Crippen molar-refractivity contribution in [1.82, 2.24) is 0 Å². The van der Waals surface area contributed by atoms with Crippen molar-refractivity contribution in [2.45, 2.75) is 26.4 Å². The van der Waals surface area contributed by atoms with E-state index in [-0.39, 0.29) is 11.9 Å². The van der Waals surface area contributed by atoms with Crippen molar-refractivity contribution in [2.24, 2.45) is 0 Å². The summed E-state index contributed by atoms with van der Waals surface area (Å²) >= 11 is 0. The average molecular weight is 390 g/mol. The highest BCUT2D eigenvalue weighted by Gasteiger charge is 2.29. The van der Waals surface area contributed by atoms with Crippen molar-refractivity contribution >= 4 is 11.6 Å². The van der Waals surface area contributed by atoms with Crippen LogP contribution >= 0.6 is 0 Å². The first kappa shape index (κ1) is 20.6. The number of rotatable bonds is 7. The van der Waals surface area contributed by atoms with Crippen molar-refractivity contribution in [2.75, 3.05) is 19.5 Å². The Kier molecular flexibility index (Phi) is 6.68.